The fourth-order valence-corrected chi connectivity index (χ4v) is 2.46. The molecule has 104 valence electrons. The summed E-state index contributed by atoms with van der Waals surface area (Å²) in [6.45, 7) is 5.53. The Balaban J connectivity index is 2.46. The number of thioether (sulfide) groups is 1. The van der Waals surface area contributed by atoms with E-state index in [2.05, 4.69) is 5.32 Å². The lowest BCUT2D eigenvalue weighted by Gasteiger charge is -2.11. The van der Waals surface area contributed by atoms with Crippen LogP contribution in [0.4, 0.5) is 5.69 Å². The number of rotatable bonds is 6. The number of carbonyl (C=O) groups is 2. The Morgan fingerprint density at radius 3 is 2.42 bits per heavy atom. The van der Waals surface area contributed by atoms with Crippen LogP contribution in [0.15, 0.2) is 18.2 Å². The second-order valence-electron chi connectivity index (χ2n) is 4.57. The number of hydrogen-bond donors (Lipinski definition) is 2. The summed E-state index contributed by atoms with van der Waals surface area (Å²) in [6, 6.07) is 5.84. The summed E-state index contributed by atoms with van der Waals surface area (Å²) in [5, 5.41) is 11.6. The largest absolute Gasteiger partial charge is 0.481 e. The maximum atomic E-state index is 11.8. The van der Waals surface area contributed by atoms with Gasteiger partial charge in [0, 0.05) is 11.4 Å². The van der Waals surface area contributed by atoms with Crippen molar-refractivity contribution >= 4 is 29.3 Å². The van der Waals surface area contributed by atoms with Gasteiger partial charge in [0.05, 0.1) is 11.7 Å². The van der Waals surface area contributed by atoms with Gasteiger partial charge in [-0.1, -0.05) is 25.1 Å². The van der Waals surface area contributed by atoms with Crippen LogP contribution < -0.4 is 5.32 Å². The Bertz CT molecular complexity index is 454. The van der Waals surface area contributed by atoms with Crippen LogP contribution in [0.2, 0.25) is 0 Å². The maximum absolute atomic E-state index is 11.8. The Morgan fingerprint density at radius 2 is 1.89 bits per heavy atom. The molecule has 0 saturated carbocycles. The SMILES string of the molecule is Cc1cccc(C)c1NC(=O)CSCC(C)C(=O)O. The van der Waals surface area contributed by atoms with E-state index in [4.69, 9.17) is 5.11 Å². The average Bonchev–Trinajstić information content (AvgIpc) is 2.33. The van der Waals surface area contributed by atoms with E-state index in [9.17, 15) is 9.59 Å². The van der Waals surface area contributed by atoms with E-state index >= 15 is 0 Å². The van der Waals surface area contributed by atoms with E-state index in [1.807, 2.05) is 32.0 Å². The summed E-state index contributed by atoms with van der Waals surface area (Å²) >= 11 is 1.34. The van der Waals surface area contributed by atoms with Crippen molar-refractivity contribution in [3.8, 4) is 0 Å². The van der Waals surface area contributed by atoms with Gasteiger partial charge in [0.25, 0.3) is 0 Å². The molecule has 1 atom stereocenters. The van der Waals surface area contributed by atoms with Gasteiger partial charge < -0.3 is 10.4 Å². The Labute approximate surface area is 117 Å². The van der Waals surface area contributed by atoms with Crippen LogP contribution in [0.3, 0.4) is 0 Å². The highest BCUT2D eigenvalue weighted by molar-refractivity contribution is 8.00. The quantitative estimate of drug-likeness (QED) is 0.841. The zero-order chi connectivity index (χ0) is 14.4. The molecule has 0 spiro atoms. The number of carboxylic acid groups (broad SMARTS) is 1. The van der Waals surface area contributed by atoms with Gasteiger partial charge in [-0.25, -0.2) is 0 Å². The Morgan fingerprint density at radius 1 is 1.32 bits per heavy atom. The molecule has 5 heteroatoms. The molecule has 0 bridgehead atoms. The van der Waals surface area contributed by atoms with Crippen molar-refractivity contribution in [2.45, 2.75) is 20.8 Å². The number of amides is 1. The summed E-state index contributed by atoms with van der Waals surface area (Å²) in [4.78, 5) is 22.4. The highest BCUT2D eigenvalue weighted by Gasteiger charge is 2.12. The molecule has 4 nitrogen and oxygen atoms in total. The van der Waals surface area contributed by atoms with Crippen LogP contribution in [0.5, 0.6) is 0 Å². The summed E-state index contributed by atoms with van der Waals surface area (Å²) < 4.78 is 0. The number of nitrogens with one attached hydrogen (secondary N) is 1. The van der Waals surface area contributed by atoms with Gasteiger partial charge in [0.1, 0.15) is 0 Å². The van der Waals surface area contributed by atoms with Crippen molar-refractivity contribution in [3.05, 3.63) is 29.3 Å². The van der Waals surface area contributed by atoms with Crippen molar-refractivity contribution in [1.82, 2.24) is 0 Å². The third-order valence-corrected chi connectivity index (χ3v) is 3.97. The molecular formula is C14H19NO3S. The maximum Gasteiger partial charge on any atom is 0.307 e. The topological polar surface area (TPSA) is 66.4 Å². The Hall–Kier alpha value is -1.49. The minimum atomic E-state index is -0.831. The van der Waals surface area contributed by atoms with E-state index in [1.54, 1.807) is 6.92 Å². The molecule has 0 heterocycles. The zero-order valence-corrected chi connectivity index (χ0v) is 12.2. The van der Waals surface area contributed by atoms with E-state index in [-0.39, 0.29) is 11.7 Å². The van der Waals surface area contributed by atoms with Crippen LogP contribution in [0.25, 0.3) is 0 Å². The molecule has 0 aliphatic heterocycles. The molecular weight excluding hydrogens is 262 g/mol. The molecule has 2 N–H and O–H groups in total. The predicted octanol–water partition coefficient (Wildman–Crippen LogP) is 2.70. The number of para-hydroxylation sites is 1. The zero-order valence-electron chi connectivity index (χ0n) is 11.4. The molecule has 0 fully saturated rings. The van der Waals surface area contributed by atoms with Gasteiger partial charge in [-0.2, -0.15) is 11.8 Å². The van der Waals surface area contributed by atoms with Crippen LogP contribution in [0, 0.1) is 19.8 Å². The Kier molecular flexibility index (Phi) is 5.89. The minimum Gasteiger partial charge on any atom is -0.481 e. The molecule has 0 radical (unpaired) electrons. The fraction of sp³-hybridized carbons (Fsp3) is 0.429. The number of anilines is 1. The summed E-state index contributed by atoms with van der Waals surface area (Å²) in [7, 11) is 0. The highest BCUT2D eigenvalue weighted by atomic mass is 32.2. The van der Waals surface area contributed by atoms with Gasteiger partial charge in [0.15, 0.2) is 0 Å². The summed E-state index contributed by atoms with van der Waals surface area (Å²) in [6.07, 6.45) is 0. The third-order valence-electron chi connectivity index (χ3n) is 2.77. The van der Waals surface area contributed by atoms with Gasteiger partial charge in [-0.15, -0.1) is 0 Å². The first kappa shape index (κ1) is 15.6. The smallest absolute Gasteiger partial charge is 0.307 e. The molecule has 0 saturated heterocycles. The van der Waals surface area contributed by atoms with E-state index in [0.29, 0.717) is 5.75 Å². The molecule has 0 aliphatic rings. The number of aliphatic carboxylic acids is 1. The molecule has 1 aromatic rings. The number of aryl methyl sites for hydroxylation is 2. The van der Waals surface area contributed by atoms with Crippen molar-refractivity contribution in [3.63, 3.8) is 0 Å². The molecule has 1 rings (SSSR count). The monoisotopic (exact) mass is 281 g/mol. The van der Waals surface area contributed by atoms with Crippen LogP contribution in [-0.2, 0) is 9.59 Å². The summed E-state index contributed by atoms with van der Waals surface area (Å²) in [5.74, 6) is -0.651. The van der Waals surface area contributed by atoms with Gasteiger partial charge in [-0.05, 0) is 25.0 Å². The first-order chi connectivity index (χ1) is 8.91. The first-order valence-electron chi connectivity index (χ1n) is 6.08. The second-order valence-corrected chi connectivity index (χ2v) is 5.60. The average molecular weight is 281 g/mol. The number of hydrogen-bond acceptors (Lipinski definition) is 3. The molecule has 0 aliphatic carbocycles. The molecule has 1 aromatic carbocycles. The summed E-state index contributed by atoms with van der Waals surface area (Å²) in [5.41, 5.74) is 2.90. The minimum absolute atomic E-state index is 0.0972. The van der Waals surface area contributed by atoms with Crippen LogP contribution >= 0.6 is 11.8 Å². The molecule has 1 unspecified atom stereocenters. The lowest BCUT2D eigenvalue weighted by Crippen LogP contribution is -2.18. The lowest BCUT2D eigenvalue weighted by atomic mass is 10.1. The van der Waals surface area contributed by atoms with Crippen molar-refractivity contribution in [1.29, 1.82) is 0 Å². The molecule has 19 heavy (non-hydrogen) atoms. The van der Waals surface area contributed by atoms with Crippen LogP contribution in [-0.4, -0.2) is 28.5 Å². The third kappa shape index (κ3) is 4.95. The highest BCUT2D eigenvalue weighted by Crippen LogP contribution is 2.19. The van der Waals surface area contributed by atoms with Gasteiger partial charge in [-0.3, -0.25) is 9.59 Å². The number of benzene rings is 1. The second kappa shape index (κ2) is 7.19. The van der Waals surface area contributed by atoms with E-state index in [1.165, 1.54) is 11.8 Å². The van der Waals surface area contributed by atoms with Crippen molar-refractivity contribution in [2.75, 3.05) is 16.8 Å². The van der Waals surface area contributed by atoms with Gasteiger partial charge in [0.2, 0.25) is 5.91 Å². The van der Waals surface area contributed by atoms with Crippen molar-refractivity contribution < 1.29 is 14.7 Å². The van der Waals surface area contributed by atoms with E-state index < -0.39 is 11.9 Å². The normalized spacial score (nSPS) is 11.9. The lowest BCUT2D eigenvalue weighted by molar-refractivity contribution is -0.140. The molecule has 1 amide bonds. The van der Waals surface area contributed by atoms with Gasteiger partial charge >= 0.3 is 5.97 Å². The number of carboxylic acids is 1. The van der Waals surface area contributed by atoms with Crippen molar-refractivity contribution in [2.24, 2.45) is 5.92 Å². The number of carbonyl (C=O) groups excluding carboxylic acids is 1. The van der Waals surface area contributed by atoms with Crippen LogP contribution in [0.1, 0.15) is 18.1 Å². The molecule has 0 aromatic heterocycles. The van der Waals surface area contributed by atoms with E-state index in [0.717, 1.165) is 16.8 Å². The predicted molar refractivity (Wildman–Crippen MR) is 78.7 cm³/mol. The first-order valence-corrected chi connectivity index (χ1v) is 7.24. The fourth-order valence-electron chi connectivity index (χ4n) is 1.59. The standard InChI is InChI=1S/C14H19NO3S/c1-9-5-4-6-10(2)13(9)15-12(16)8-19-7-11(3)14(17)18/h4-6,11H,7-8H2,1-3H3,(H,15,16)(H,17,18).